The molecule has 1 saturated heterocycles. The maximum absolute atomic E-state index is 4.10. The molecule has 0 bridgehead atoms. The first-order valence-corrected chi connectivity index (χ1v) is 14.1. The van der Waals surface area contributed by atoms with Crippen molar-refractivity contribution in [3.8, 4) is 0 Å². The largest absolute Gasteiger partial charge is 0.369 e. The molecule has 3 nitrogen and oxygen atoms in total. The topological polar surface area (TPSA) is 18.5 Å². The predicted octanol–water partition coefficient (Wildman–Crippen LogP) is 7.34. The molecular formula is C32H47N3. The number of aryl methyl sites for hydroxylation is 2. The number of hydrogen-bond donors (Lipinski definition) is 1. The molecule has 35 heavy (non-hydrogen) atoms. The van der Waals surface area contributed by atoms with Crippen molar-refractivity contribution >= 4 is 5.69 Å². The first-order valence-electron chi connectivity index (χ1n) is 14.1. The summed E-state index contributed by atoms with van der Waals surface area (Å²) < 4.78 is 0. The van der Waals surface area contributed by atoms with Crippen molar-refractivity contribution in [3.05, 3.63) is 76.7 Å². The Morgan fingerprint density at radius 2 is 1.89 bits per heavy atom. The second-order valence-corrected chi connectivity index (χ2v) is 11.0. The summed E-state index contributed by atoms with van der Waals surface area (Å²) in [7, 11) is 0. The van der Waals surface area contributed by atoms with Crippen molar-refractivity contribution in [2.45, 2.75) is 72.6 Å². The van der Waals surface area contributed by atoms with Gasteiger partial charge in [-0.2, -0.15) is 0 Å². The third-order valence-electron chi connectivity index (χ3n) is 8.21. The number of rotatable bonds is 9. The molecule has 2 aliphatic heterocycles. The summed E-state index contributed by atoms with van der Waals surface area (Å²) in [4.78, 5) is 5.34. The molecule has 1 N–H and O–H groups in total. The van der Waals surface area contributed by atoms with E-state index in [9.17, 15) is 0 Å². The molecule has 4 rings (SSSR count). The minimum atomic E-state index is 0.518. The van der Waals surface area contributed by atoms with E-state index in [0.29, 0.717) is 11.8 Å². The van der Waals surface area contributed by atoms with Crippen LogP contribution in [0, 0.1) is 11.8 Å². The molecule has 0 spiro atoms. The van der Waals surface area contributed by atoms with Crippen LogP contribution in [-0.2, 0) is 12.8 Å². The molecule has 3 aliphatic rings. The van der Waals surface area contributed by atoms with E-state index in [2.05, 4.69) is 85.8 Å². The third kappa shape index (κ3) is 6.70. The van der Waals surface area contributed by atoms with E-state index in [1.165, 1.54) is 79.8 Å². The van der Waals surface area contributed by atoms with Crippen molar-refractivity contribution in [2.24, 2.45) is 11.8 Å². The van der Waals surface area contributed by atoms with Crippen LogP contribution in [0.25, 0.3) is 0 Å². The molecule has 0 amide bonds. The number of anilines is 1. The smallest absolute Gasteiger partial charge is 0.0417 e. The number of fused-ring (bicyclic) bond motifs is 1. The highest BCUT2D eigenvalue weighted by Gasteiger charge is 2.23. The number of unbranched alkanes of at least 4 members (excludes halogenated alkanes) is 2. The Morgan fingerprint density at radius 1 is 1.09 bits per heavy atom. The van der Waals surface area contributed by atoms with E-state index < -0.39 is 0 Å². The van der Waals surface area contributed by atoms with Crippen LogP contribution < -0.4 is 5.32 Å². The number of hydrogen-bond acceptors (Lipinski definition) is 3. The Labute approximate surface area is 214 Å². The highest BCUT2D eigenvalue weighted by Crippen LogP contribution is 2.32. The van der Waals surface area contributed by atoms with Crippen LogP contribution in [0.15, 0.2) is 65.5 Å². The van der Waals surface area contributed by atoms with Gasteiger partial charge in [0, 0.05) is 43.3 Å². The normalized spacial score (nSPS) is 21.9. The third-order valence-corrected chi connectivity index (χ3v) is 8.21. The van der Waals surface area contributed by atoms with E-state index in [4.69, 9.17) is 0 Å². The number of nitrogens with zero attached hydrogens (tertiary/aromatic N) is 2. The lowest BCUT2D eigenvalue weighted by atomic mass is 9.90. The van der Waals surface area contributed by atoms with Gasteiger partial charge in [-0.05, 0) is 98.2 Å². The zero-order chi connectivity index (χ0) is 24.8. The molecule has 2 unspecified atom stereocenters. The van der Waals surface area contributed by atoms with Crippen LogP contribution in [0.2, 0.25) is 0 Å². The molecule has 0 saturated carbocycles. The summed E-state index contributed by atoms with van der Waals surface area (Å²) in [5.74, 6) is 1.13. The maximum atomic E-state index is 4.10. The van der Waals surface area contributed by atoms with E-state index in [-0.39, 0.29) is 0 Å². The van der Waals surface area contributed by atoms with Gasteiger partial charge in [0.25, 0.3) is 0 Å². The predicted molar refractivity (Wildman–Crippen MR) is 152 cm³/mol. The lowest BCUT2D eigenvalue weighted by molar-refractivity contribution is 0.158. The van der Waals surface area contributed by atoms with Gasteiger partial charge in [-0.15, -0.1) is 0 Å². The van der Waals surface area contributed by atoms with Crippen molar-refractivity contribution in [1.29, 1.82) is 0 Å². The Hall–Kier alpha value is -2.26. The molecule has 3 heteroatoms. The lowest BCUT2D eigenvalue weighted by Crippen LogP contribution is -2.46. The van der Waals surface area contributed by atoms with E-state index >= 15 is 0 Å². The summed E-state index contributed by atoms with van der Waals surface area (Å²) >= 11 is 0. The van der Waals surface area contributed by atoms with Crippen LogP contribution in [0.3, 0.4) is 0 Å². The minimum absolute atomic E-state index is 0.518. The van der Waals surface area contributed by atoms with E-state index in [1.54, 1.807) is 5.57 Å². The minimum Gasteiger partial charge on any atom is -0.369 e. The fourth-order valence-corrected chi connectivity index (χ4v) is 5.90. The van der Waals surface area contributed by atoms with Crippen LogP contribution >= 0.6 is 0 Å². The van der Waals surface area contributed by atoms with E-state index in [1.807, 2.05) is 0 Å². The molecule has 190 valence electrons. The molecular weight excluding hydrogens is 426 g/mol. The Morgan fingerprint density at radius 3 is 2.66 bits per heavy atom. The lowest BCUT2D eigenvalue weighted by Gasteiger charge is -2.38. The zero-order valence-corrected chi connectivity index (χ0v) is 22.7. The number of allylic oxidation sites excluding steroid dienone is 6. The number of piperazine rings is 1. The van der Waals surface area contributed by atoms with E-state index in [0.717, 1.165) is 31.6 Å². The van der Waals surface area contributed by atoms with Gasteiger partial charge in [-0.1, -0.05) is 58.1 Å². The second-order valence-electron chi connectivity index (χ2n) is 11.0. The number of benzene rings is 1. The van der Waals surface area contributed by atoms with Crippen LogP contribution in [-0.4, -0.2) is 42.5 Å². The molecule has 0 radical (unpaired) electrons. The van der Waals surface area contributed by atoms with Gasteiger partial charge in [0.05, 0.1) is 0 Å². The van der Waals surface area contributed by atoms with Crippen LogP contribution in [0.1, 0.15) is 70.9 Å². The molecule has 2 heterocycles. The second kappa shape index (κ2) is 12.1. The summed E-state index contributed by atoms with van der Waals surface area (Å²) in [6.45, 7) is 19.3. The quantitative estimate of drug-likeness (QED) is 0.378. The maximum Gasteiger partial charge on any atom is 0.0417 e. The van der Waals surface area contributed by atoms with Crippen molar-refractivity contribution in [3.63, 3.8) is 0 Å². The van der Waals surface area contributed by atoms with Crippen molar-refractivity contribution < 1.29 is 0 Å². The first-order chi connectivity index (χ1) is 16.9. The average Bonchev–Trinajstić information content (AvgIpc) is 3.00. The summed E-state index contributed by atoms with van der Waals surface area (Å²) in [6.07, 6.45) is 15.7. The van der Waals surface area contributed by atoms with Crippen molar-refractivity contribution in [2.75, 3.05) is 38.0 Å². The van der Waals surface area contributed by atoms with Gasteiger partial charge >= 0.3 is 0 Å². The summed E-state index contributed by atoms with van der Waals surface area (Å²) in [5, 5.41) is 3.48. The highest BCUT2D eigenvalue weighted by molar-refractivity contribution is 5.59. The Balaban J connectivity index is 1.22. The number of nitrogens with one attached hydrogen (secondary N) is 1. The van der Waals surface area contributed by atoms with Gasteiger partial charge < -0.3 is 10.2 Å². The molecule has 1 aromatic carbocycles. The van der Waals surface area contributed by atoms with Gasteiger partial charge in [0.2, 0.25) is 0 Å². The van der Waals surface area contributed by atoms with Gasteiger partial charge in [0.1, 0.15) is 0 Å². The summed E-state index contributed by atoms with van der Waals surface area (Å²) in [5.41, 5.74) is 9.87. The molecule has 1 fully saturated rings. The van der Waals surface area contributed by atoms with Crippen molar-refractivity contribution in [1.82, 2.24) is 9.80 Å². The molecule has 1 aliphatic carbocycles. The fourth-order valence-electron chi connectivity index (χ4n) is 5.90. The fraction of sp³-hybridized carbons (Fsp3) is 0.562. The van der Waals surface area contributed by atoms with Gasteiger partial charge in [-0.25, -0.2) is 0 Å². The Kier molecular flexibility index (Phi) is 8.94. The molecule has 2 atom stereocenters. The standard InChI is InChI=1S/C32H47N3/c1-6-25(3)32-26(4)22-24(2)11-16-31(32)35-20-18-34(19-21-35)17-9-7-8-10-28-13-15-29-14-12-27(5)33-30(29)23-28/h11,13,15-16,22-25,33H,5-10,12,14,17-21H2,1-4H3. The summed E-state index contributed by atoms with van der Waals surface area (Å²) in [6, 6.07) is 6.99. The van der Waals surface area contributed by atoms with Crippen LogP contribution in [0.4, 0.5) is 5.69 Å². The zero-order valence-electron chi connectivity index (χ0n) is 22.7. The Bertz CT molecular complexity index is 975. The van der Waals surface area contributed by atoms with Crippen LogP contribution in [0.5, 0.6) is 0 Å². The first kappa shape index (κ1) is 25.8. The highest BCUT2D eigenvalue weighted by atomic mass is 15.3. The van der Waals surface area contributed by atoms with Gasteiger partial charge in [0.15, 0.2) is 0 Å². The molecule has 1 aromatic rings. The monoisotopic (exact) mass is 473 g/mol. The SMILES string of the molecule is C=C1CCc2ccc(CCCCCN3CCN(C4=C(C(C)CC)C(C)=CC(C)C=C4)CC3)cc2N1. The molecule has 0 aromatic heterocycles. The van der Waals surface area contributed by atoms with Gasteiger partial charge in [-0.3, -0.25) is 4.90 Å². The average molecular weight is 474 g/mol.